The van der Waals surface area contributed by atoms with Gasteiger partial charge in [-0.2, -0.15) is 0 Å². The second-order valence-corrected chi connectivity index (χ2v) is 25.1. The molecule has 7 rings (SSSR count). The van der Waals surface area contributed by atoms with Crippen molar-refractivity contribution in [3.8, 4) is 28.7 Å². The fourth-order valence-electron chi connectivity index (χ4n) is 11.6. The van der Waals surface area contributed by atoms with E-state index in [4.69, 9.17) is 24.7 Å². The van der Waals surface area contributed by atoms with E-state index in [-0.39, 0.29) is 54.2 Å². The number of aliphatic carboxylic acids is 1. The van der Waals surface area contributed by atoms with Gasteiger partial charge in [0, 0.05) is 43.9 Å². The molecule has 0 saturated carbocycles. The Hall–Kier alpha value is -8.30. The Balaban J connectivity index is 1.57. The summed E-state index contributed by atoms with van der Waals surface area (Å²) in [6.07, 6.45) is 9.03. The molecule has 26 heteroatoms. The van der Waals surface area contributed by atoms with E-state index >= 15 is 4.79 Å². The van der Waals surface area contributed by atoms with Crippen molar-refractivity contribution in [2.45, 2.75) is 236 Å². The van der Waals surface area contributed by atoms with Crippen molar-refractivity contribution < 1.29 is 78.0 Å². The Morgan fingerprint density at radius 1 is 0.716 bits per heavy atom. The summed E-state index contributed by atoms with van der Waals surface area (Å²) in [7, 11) is 0. The lowest BCUT2D eigenvalue weighted by molar-refractivity contribution is -0.385. The van der Waals surface area contributed by atoms with Crippen LogP contribution in [0.2, 0.25) is 0 Å². The van der Waals surface area contributed by atoms with Gasteiger partial charge in [-0.3, -0.25) is 44.2 Å². The maximum Gasteiger partial charge on any atom is 0.328 e. The molecule has 95 heavy (non-hydrogen) atoms. The van der Waals surface area contributed by atoms with Gasteiger partial charge in [0.05, 0.1) is 28.5 Å². The number of nitrogens with one attached hydrogen (secondary N) is 5. The quantitative estimate of drug-likeness (QED) is 0.0114. The van der Waals surface area contributed by atoms with Gasteiger partial charge in [0.2, 0.25) is 47.3 Å². The molecule has 0 radical (unpaired) electrons. The summed E-state index contributed by atoms with van der Waals surface area (Å²) < 4.78 is 25.8. The van der Waals surface area contributed by atoms with E-state index in [0.717, 1.165) is 120 Å². The van der Waals surface area contributed by atoms with Gasteiger partial charge in [0.1, 0.15) is 42.2 Å². The normalized spacial score (nSPS) is 20.3. The molecule has 4 bridgehead atoms. The average Bonchev–Trinajstić information content (AvgIpc) is 0.774. The summed E-state index contributed by atoms with van der Waals surface area (Å²) in [5.74, 6) is -8.07. The average molecular weight is 1330 g/mol. The predicted octanol–water partition coefficient (Wildman–Crippen LogP) is 9.10. The van der Waals surface area contributed by atoms with Crippen LogP contribution in [0.15, 0.2) is 84.9 Å². The highest BCUT2D eigenvalue weighted by Gasteiger charge is 2.47. The number of non-ortho nitro benzene ring substituents is 1. The van der Waals surface area contributed by atoms with Gasteiger partial charge in [-0.25, -0.2) is 4.79 Å². The molecular formula is C69H96N8O18. The van der Waals surface area contributed by atoms with Crippen LogP contribution >= 0.6 is 0 Å². The van der Waals surface area contributed by atoms with E-state index in [1.165, 1.54) is 24.3 Å². The lowest BCUT2D eigenvalue weighted by atomic mass is 9.95. The number of nitrogens with two attached hydrogens (primary N) is 1. The molecule has 26 nitrogen and oxygen atoms in total. The number of nitrogens with zero attached hydrogens (tertiary/aromatic N) is 2. The van der Waals surface area contributed by atoms with Crippen LogP contribution in [0.3, 0.4) is 0 Å². The first-order chi connectivity index (χ1) is 45.6. The number of hydrogen-bond acceptors (Lipinski definition) is 18. The van der Waals surface area contributed by atoms with E-state index in [1.54, 1.807) is 30.3 Å². The molecule has 0 aromatic heterocycles. The van der Waals surface area contributed by atoms with Crippen molar-refractivity contribution in [3.05, 3.63) is 122 Å². The molecule has 0 unspecified atom stereocenters. The molecule has 5 amide bonds. The van der Waals surface area contributed by atoms with Crippen LogP contribution in [-0.4, -0.2) is 127 Å². The number of amides is 5. The zero-order valence-electron chi connectivity index (χ0n) is 54.9. The fraction of sp³-hybridized carbons (Fsp3) is 0.565. The van der Waals surface area contributed by atoms with E-state index in [9.17, 15) is 64.6 Å². The highest BCUT2D eigenvalue weighted by Crippen LogP contribution is 2.48. The van der Waals surface area contributed by atoms with Crippen LogP contribution in [-0.2, 0) is 46.3 Å². The van der Waals surface area contributed by atoms with Gasteiger partial charge < -0.3 is 71.7 Å². The van der Waals surface area contributed by atoms with Crippen molar-refractivity contribution in [1.82, 2.24) is 26.6 Å². The smallest absolute Gasteiger partial charge is 0.328 e. The Bertz CT molecular complexity index is 3160. The third-order valence-corrected chi connectivity index (χ3v) is 16.8. The Morgan fingerprint density at radius 2 is 1.32 bits per heavy atom. The number of nitro benzene ring substituents is 2. The zero-order chi connectivity index (χ0) is 69.0. The highest BCUT2D eigenvalue weighted by molar-refractivity contribution is 5.94. The minimum atomic E-state index is -2.08. The van der Waals surface area contributed by atoms with Crippen LogP contribution < -0.4 is 46.5 Å². The van der Waals surface area contributed by atoms with Crippen LogP contribution in [0.4, 0.5) is 11.4 Å². The maximum absolute atomic E-state index is 15.4. The second-order valence-electron chi connectivity index (χ2n) is 25.1. The molecular weight excluding hydrogens is 1230 g/mol. The number of carbonyl (C=O) groups is 6. The molecule has 0 aliphatic carbocycles. The van der Waals surface area contributed by atoms with E-state index in [0.29, 0.717) is 31.2 Å². The number of hydrogen-bond donors (Lipinski definition) is 10. The molecule has 3 heterocycles. The molecule has 1 fully saturated rings. The van der Waals surface area contributed by atoms with Crippen molar-refractivity contribution in [3.63, 3.8) is 0 Å². The van der Waals surface area contributed by atoms with Gasteiger partial charge in [-0.05, 0) is 72.2 Å². The van der Waals surface area contributed by atoms with Crippen molar-refractivity contribution >= 4 is 46.9 Å². The number of carboxylic acids is 1. The summed E-state index contributed by atoms with van der Waals surface area (Å²) >= 11 is 0. The van der Waals surface area contributed by atoms with Crippen LogP contribution in [0, 0.1) is 26.1 Å². The number of aliphatic hydroxyl groups excluding tert-OH is 3. The molecule has 0 spiro atoms. The third kappa shape index (κ3) is 23.8. The largest absolute Gasteiger partial charge is 0.480 e. The zero-order valence-corrected chi connectivity index (χ0v) is 54.9. The number of ether oxygens (including phenoxy) is 4. The van der Waals surface area contributed by atoms with Gasteiger partial charge in [-0.1, -0.05) is 167 Å². The number of rotatable bonds is 37. The lowest BCUT2D eigenvalue weighted by Crippen LogP contribution is -2.65. The van der Waals surface area contributed by atoms with E-state index in [1.807, 2.05) is 13.8 Å². The number of fused-ring (bicyclic) bond motifs is 9. The number of carboxylic acid groups (broad SMARTS) is 1. The molecule has 1 saturated heterocycles. The minimum Gasteiger partial charge on any atom is -0.480 e. The van der Waals surface area contributed by atoms with Crippen molar-refractivity contribution in [1.29, 1.82) is 0 Å². The van der Waals surface area contributed by atoms with Gasteiger partial charge in [0.15, 0.2) is 17.5 Å². The number of nitro groups is 2. The minimum absolute atomic E-state index is 0.0230. The molecule has 11 N–H and O–H groups in total. The Kier molecular flexibility index (Phi) is 31.0. The molecule has 10 atom stereocenters. The molecule has 4 aromatic carbocycles. The summed E-state index contributed by atoms with van der Waals surface area (Å²) in [4.78, 5) is 110. The summed E-state index contributed by atoms with van der Waals surface area (Å²) in [6.45, 7) is 7.07. The van der Waals surface area contributed by atoms with E-state index in [2.05, 4.69) is 40.4 Å². The number of unbranched alkanes of at least 4 members (excludes halogenated alkanes) is 16. The van der Waals surface area contributed by atoms with Gasteiger partial charge in [0.25, 0.3) is 5.69 Å². The first kappa shape index (κ1) is 75.7. The molecule has 3 aliphatic rings. The van der Waals surface area contributed by atoms with Crippen LogP contribution in [0.25, 0.3) is 0 Å². The van der Waals surface area contributed by atoms with Gasteiger partial charge in [-0.15, -0.1) is 0 Å². The van der Waals surface area contributed by atoms with Crippen molar-refractivity contribution in [2.75, 3.05) is 6.61 Å². The monoisotopic (exact) mass is 1320 g/mol. The Morgan fingerprint density at radius 3 is 1.88 bits per heavy atom. The fourth-order valence-corrected chi connectivity index (χ4v) is 11.6. The SMILES string of the molecule is CCCCCCCCCCCC(=O)N[C@H]1[C@H](Oc2c(Oc3ccc([N+](=O)[O-])cc3)cc3cc2Oc2ccc(cc2[N+](=O)[O-])C[C@@H](NC(=O)[C@H](N)CC(C)C)C(=O)N[C@@H](Cc2ccccc2)C(=O)N[C@H]3[C@@H](NC(=O)CCCCCCCCCCC)C(=O)O)O[C@H](CO)[C@@H](O)[C@@H]1O. The third-order valence-electron chi connectivity index (χ3n) is 16.8. The van der Waals surface area contributed by atoms with Crippen LogP contribution in [0.1, 0.15) is 185 Å². The second kappa shape index (κ2) is 38.9. The number of benzene rings is 4. The number of aliphatic hydroxyl groups is 3. The maximum atomic E-state index is 15.4. The molecule has 520 valence electrons. The summed E-state index contributed by atoms with van der Waals surface area (Å²) in [5.41, 5.74) is 5.56. The highest BCUT2D eigenvalue weighted by atomic mass is 16.7. The summed E-state index contributed by atoms with van der Waals surface area (Å²) in [6, 6.07) is 9.02. The van der Waals surface area contributed by atoms with Crippen LogP contribution in [0.5, 0.6) is 28.7 Å². The first-order valence-electron chi connectivity index (χ1n) is 33.5. The Labute approximate surface area is 554 Å². The van der Waals surface area contributed by atoms with E-state index < -0.39 is 148 Å². The standard InChI is InChI=1S/C69H96N8O18/c1-5-7-9-11-13-15-17-19-24-28-57(79)73-60(68(86)87)59-46-40-54(92-48-33-31-47(32-34-48)76(88)89)64(95-69-61(63(82)62(81)56(42-78)94-69)74-58(80)29-25-20-18-16-14-12-10-8-6-2)55(41-46)93-53-35-30-45(39-52(53)77(90)91)38-51(71-65(83)49(70)36-43(3)4)66(84)72-50(67(85)75-59)37-44-26-22-21-23-27-44/h21-23,26-27,30-35,39-41,43,49-51,56,59-63,69,78,81-82H,5-20,24-25,28-29,36-38,42,70H2,1-4H3,(H,71,83)(H,72,84)(H,73,79)(H,74,80)(H,75,85)(H,86,87)/t49-,50+,51-,56-,59-,60-,61-,62-,63-,69+/m1/s1. The predicted molar refractivity (Wildman–Crippen MR) is 352 cm³/mol. The molecule has 4 aromatic rings. The van der Waals surface area contributed by atoms with Gasteiger partial charge >= 0.3 is 11.7 Å². The lowest BCUT2D eigenvalue weighted by Gasteiger charge is -2.42. The first-order valence-corrected chi connectivity index (χ1v) is 33.5. The molecule has 3 aliphatic heterocycles. The summed E-state index contributed by atoms with van der Waals surface area (Å²) in [5, 5.41) is 83.6. The number of carbonyl (C=O) groups excluding carboxylic acids is 5. The topological polar surface area (TPSA) is 393 Å². The van der Waals surface area contributed by atoms with Crippen molar-refractivity contribution in [2.24, 2.45) is 11.7 Å².